The highest BCUT2D eigenvalue weighted by molar-refractivity contribution is 6.12. The molecular weight excluding hydrogens is 765 g/mol. The second-order valence-electron chi connectivity index (χ2n) is 17.5. The van der Waals surface area contributed by atoms with Gasteiger partial charge >= 0.3 is 0 Å². The van der Waals surface area contributed by atoms with Crippen LogP contribution in [0.15, 0.2) is 200 Å². The smallest absolute Gasteiger partial charge is 0.0822 e. The van der Waals surface area contributed by atoms with Gasteiger partial charge in [-0.1, -0.05) is 188 Å². The van der Waals surface area contributed by atoms with E-state index in [-0.39, 0.29) is 6.04 Å². The number of hydrogen-bond acceptors (Lipinski definition) is 3. The Hall–Kier alpha value is -6.59. The second kappa shape index (κ2) is 18.4. The molecule has 3 aliphatic carbocycles. The van der Waals surface area contributed by atoms with Gasteiger partial charge in [-0.15, -0.1) is 0 Å². The van der Waals surface area contributed by atoms with Crippen molar-refractivity contribution in [3.63, 3.8) is 0 Å². The largest absolute Gasteiger partial charge is 0.327 e. The molecule has 63 heavy (non-hydrogen) atoms. The molecule has 3 N–H and O–H groups in total. The van der Waals surface area contributed by atoms with Gasteiger partial charge in [0.1, 0.15) is 0 Å². The molecule has 4 atom stereocenters. The Balaban J connectivity index is 0.917. The Labute approximate surface area is 372 Å². The Morgan fingerprint density at radius 2 is 1.37 bits per heavy atom. The molecule has 0 aliphatic heterocycles. The van der Waals surface area contributed by atoms with Crippen molar-refractivity contribution in [1.29, 1.82) is 0 Å². The van der Waals surface area contributed by atoms with Crippen LogP contribution >= 0.6 is 0 Å². The molecule has 3 aliphatic rings. The molecule has 2 aromatic heterocycles. The van der Waals surface area contributed by atoms with Gasteiger partial charge in [0, 0.05) is 40.7 Å². The molecule has 0 spiro atoms. The molecule has 0 bridgehead atoms. The van der Waals surface area contributed by atoms with E-state index in [9.17, 15) is 0 Å². The first-order valence-electron chi connectivity index (χ1n) is 22.9. The fraction of sp³-hybridized carbons (Fsp3) is 0.203. The van der Waals surface area contributed by atoms with Crippen LogP contribution in [0.25, 0.3) is 66.5 Å². The number of pyridine rings is 1. The predicted octanol–water partition coefficient (Wildman–Crippen LogP) is 14.1. The van der Waals surface area contributed by atoms with Crippen LogP contribution < -0.4 is 11.1 Å². The third-order valence-electron chi connectivity index (χ3n) is 13.5. The van der Waals surface area contributed by atoms with Crippen molar-refractivity contribution in [3.05, 3.63) is 211 Å². The monoisotopic (exact) mass is 820 g/mol. The number of hydrogen-bond donors (Lipinski definition) is 2. The van der Waals surface area contributed by atoms with E-state index in [1.54, 1.807) is 0 Å². The summed E-state index contributed by atoms with van der Waals surface area (Å²) in [5, 5.41) is 11.4. The fourth-order valence-electron chi connectivity index (χ4n) is 9.92. The van der Waals surface area contributed by atoms with Crippen molar-refractivity contribution in [2.24, 2.45) is 11.7 Å². The zero-order valence-corrected chi connectivity index (χ0v) is 36.2. The molecule has 0 saturated carbocycles. The number of benzene rings is 5. The van der Waals surface area contributed by atoms with Crippen LogP contribution in [0.5, 0.6) is 0 Å². The van der Waals surface area contributed by atoms with E-state index in [4.69, 9.17) is 10.8 Å². The normalized spacial score (nSPS) is 17.5. The Kier molecular flexibility index (Phi) is 11.8. The maximum absolute atomic E-state index is 6.91. The molecule has 0 radical (unpaired) electrons. The Morgan fingerprint density at radius 3 is 2.02 bits per heavy atom. The van der Waals surface area contributed by atoms with Crippen molar-refractivity contribution in [2.45, 2.75) is 63.5 Å². The lowest BCUT2D eigenvalue weighted by molar-refractivity contribution is 0.414. The third-order valence-corrected chi connectivity index (χ3v) is 13.5. The fourth-order valence-corrected chi connectivity index (χ4v) is 9.92. The molecule has 0 saturated heterocycles. The summed E-state index contributed by atoms with van der Waals surface area (Å²) in [6.45, 7) is 3.17. The lowest BCUT2D eigenvalue weighted by atomic mass is 9.83. The highest BCUT2D eigenvalue weighted by atomic mass is 15.2. The van der Waals surface area contributed by atoms with E-state index in [2.05, 4.69) is 211 Å². The van der Waals surface area contributed by atoms with Crippen molar-refractivity contribution in [2.75, 3.05) is 6.54 Å². The van der Waals surface area contributed by atoms with E-state index in [1.807, 2.05) is 0 Å². The number of nitrogens with zero attached hydrogens (tertiary/aromatic N) is 2. The third kappa shape index (κ3) is 8.49. The van der Waals surface area contributed by atoms with Crippen molar-refractivity contribution in [3.8, 4) is 44.6 Å². The maximum atomic E-state index is 6.91. The molecule has 0 amide bonds. The molecule has 5 aromatic carbocycles. The zero-order valence-electron chi connectivity index (χ0n) is 36.2. The Bertz CT molecular complexity index is 2900. The van der Waals surface area contributed by atoms with Crippen molar-refractivity contribution in [1.82, 2.24) is 14.9 Å². The van der Waals surface area contributed by atoms with E-state index >= 15 is 0 Å². The van der Waals surface area contributed by atoms with E-state index < -0.39 is 0 Å². The first kappa shape index (κ1) is 40.5. The van der Waals surface area contributed by atoms with E-state index in [0.717, 1.165) is 56.3 Å². The minimum Gasteiger partial charge on any atom is -0.327 e. The first-order chi connectivity index (χ1) is 31.1. The maximum Gasteiger partial charge on any atom is 0.0822 e. The summed E-state index contributed by atoms with van der Waals surface area (Å²) in [7, 11) is 0. The number of rotatable bonds is 13. The van der Waals surface area contributed by atoms with Gasteiger partial charge in [0.05, 0.1) is 17.4 Å². The summed E-state index contributed by atoms with van der Waals surface area (Å²) >= 11 is 0. The molecule has 4 nitrogen and oxygen atoms in total. The quantitative estimate of drug-likeness (QED) is 0.122. The van der Waals surface area contributed by atoms with Gasteiger partial charge in [-0.25, -0.2) is 4.52 Å². The highest BCUT2D eigenvalue weighted by Gasteiger charge is 2.24. The summed E-state index contributed by atoms with van der Waals surface area (Å²) in [5.41, 5.74) is 22.8. The molecule has 312 valence electrons. The van der Waals surface area contributed by atoms with Crippen LogP contribution in [0.1, 0.15) is 62.5 Å². The Morgan fingerprint density at radius 1 is 0.683 bits per heavy atom. The molecule has 4 heteroatoms. The average Bonchev–Trinajstić information content (AvgIpc) is 3.81. The highest BCUT2D eigenvalue weighted by Crippen LogP contribution is 2.43. The van der Waals surface area contributed by atoms with Gasteiger partial charge in [-0.05, 0) is 107 Å². The molecule has 7 aromatic rings. The minimum atomic E-state index is 0.101. The van der Waals surface area contributed by atoms with Crippen LogP contribution in [0, 0.1) is 5.92 Å². The summed E-state index contributed by atoms with van der Waals surface area (Å²) in [6.07, 6.45) is 30.8. The topological polar surface area (TPSA) is 55.3 Å². The second-order valence-corrected chi connectivity index (χ2v) is 17.5. The summed E-state index contributed by atoms with van der Waals surface area (Å²) in [5.74, 6) is 0.688. The molecular formula is C59H56N4. The standard InChI is InChI=1S/C59H56N4/c1-41(42-16-6-2-7-17-42)61-39-52(38-56(60)49-20-10-4-11-21-49)47-32-30-45(31-33-47)43-26-28-44(29-27-43)46-34-36-50(37-35-46)57-53-24-14-15-25-54(53)59-55(48-18-8-3-9-19-48)40-62-63(59)58(57)51-22-12-5-13-23-51/h3-6,8,10-18,20,22-37,40-41,49,52,56,61H,2,7,9,19,21,38-39,60H2,1H3. The van der Waals surface area contributed by atoms with Gasteiger partial charge in [0.25, 0.3) is 0 Å². The van der Waals surface area contributed by atoms with E-state index in [1.165, 1.54) is 71.9 Å². The van der Waals surface area contributed by atoms with E-state index in [0.29, 0.717) is 17.9 Å². The number of aromatic nitrogens is 2. The van der Waals surface area contributed by atoms with Crippen LogP contribution in [-0.2, 0) is 0 Å². The number of allylic oxidation sites excluding steroid dienone is 9. The first-order valence-corrected chi connectivity index (χ1v) is 22.9. The SMILES string of the molecule is CC(NCC(CC(N)C1C=CC=CC1)c1ccc(-c2ccc(-c3ccc(-c4c(-c5ccccc5)n5ncc(C6=CC=CCC6)c5c5ccccc45)cc3)cc2)cc1)C1=CCCC=C1. The molecule has 4 unspecified atom stereocenters. The number of nitrogens with one attached hydrogen (secondary N) is 1. The minimum absolute atomic E-state index is 0.101. The van der Waals surface area contributed by atoms with Gasteiger partial charge in [0.15, 0.2) is 0 Å². The summed E-state index contributed by atoms with van der Waals surface area (Å²) in [4.78, 5) is 0. The van der Waals surface area contributed by atoms with Gasteiger partial charge in [-0.2, -0.15) is 5.10 Å². The van der Waals surface area contributed by atoms with Gasteiger partial charge in [-0.3, -0.25) is 0 Å². The predicted molar refractivity (Wildman–Crippen MR) is 266 cm³/mol. The lowest BCUT2D eigenvalue weighted by Gasteiger charge is -2.28. The van der Waals surface area contributed by atoms with Crippen LogP contribution in [0.4, 0.5) is 0 Å². The van der Waals surface area contributed by atoms with Gasteiger partial charge < -0.3 is 11.1 Å². The van der Waals surface area contributed by atoms with Gasteiger partial charge in [0.2, 0.25) is 0 Å². The van der Waals surface area contributed by atoms with Crippen molar-refractivity contribution < 1.29 is 0 Å². The summed E-state index contributed by atoms with van der Waals surface area (Å²) < 4.78 is 2.19. The molecule has 10 rings (SSSR count). The lowest BCUT2D eigenvalue weighted by Crippen LogP contribution is -2.36. The summed E-state index contributed by atoms with van der Waals surface area (Å²) in [6, 6.07) is 47.3. The molecule has 2 heterocycles. The average molecular weight is 821 g/mol. The van der Waals surface area contributed by atoms with Crippen molar-refractivity contribution >= 4 is 21.9 Å². The van der Waals surface area contributed by atoms with Crippen LogP contribution in [0.2, 0.25) is 0 Å². The van der Waals surface area contributed by atoms with Crippen LogP contribution in [-0.4, -0.2) is 28.2 Å². The van der Waals surface area contributed by atoms with Crippen LogP contribution in [0.3, 0.4) is 0 Å². The zero-order chi connectivity index (χ0) is 42.5. The number of nitrogens with two attached hydrogens (primary N) is 1. The molecule has 0 fully saturated rings. The number of fused-ring (bicyclic) bond motifs is 3.